The average molecular weight is 409 g/mol. The van der Waals surface area contributed by atoms with Crippen LogP contribution >= 0.6 is 0 Å². The third-order valence-electron chi connectivity index (χ3n) is 5.02. The van der Waals surface area contributed by atoms with E-state index < -0.39 is 10.0 Å². The fraction of sp³-hybridized carbons (Fsp3) is 0.611. The Morgan fingerprint density at radius 2 is 1.52 bits per heavy atom. The molecular weight excluding hydrogens is 383 g/mol. The SMILES string of the molecule is C[C-]1CC2CCC(C1)N2S(=O)(=O)c1ccc(C(C)(C)C)cc1.[Y]. The van der Waals surface area contributed by atoms with Crippen LogP contribution in [0.5, 0.6) is 0 Å². The van der Waals surface area contributed by atoms with Gasteiger partial charge in [-0.2, -0.15) is 24.1 Å². The van der Waals surface area contributed by atoms with Gasteiger partial charge >= 0.3 is 0 Å². The minimum atomic E-state index is -3.36. The Labute approximate surface area is 166 Å². The van der Waals surface area contributed by atoms with Gasteiger partial charge in [0.2, 0.25) is 10.0 Å². The van der Waals surface area contributed by atoms with E-state index in [1.807, 2.05) is 12.1 Å². The molecule has 125 valence electrons. The molecule has 3 rings (SSSR count). The second-order valence-corrected chi connectivity index (χ2v) is 9.70. The fourth-order valence-electron chi connectivity index (χ4n) is 3.85. The Kier molecular flexibility index (Phi) is 5.83. The molecule has 1 aromatic carbocycles. The quantitative estimate of drug-likeness (QED) is 0.695. The number of hydrogen-bond donors (Lipinski definition) is 0. The molecule has 2 saturated heterocycles. The normalized spacial score (nSPS) is 26.1. The van der Waals surface area contributed by atoms with Crippen molar-refractivity contribution in [1.29, 1.82) is 0 Å². The van der Waals surface area contributed by atoms with E-state index in [4.69, 9.17) is 0 Å². The van der Waals surface area contributed by atoms with E-state index in [0.29, 0.717) is 4.90 Å². The van der Waals surface area contributed by atoms with Crippen LogP contribution in [0.1, 0.15) is 58.9 Å². The van der Waals surface area contributed by atoms with Crippen molar-refractivity contribution in [2.45, 2.75) is 75.8 Å². The average Bonchev–Trinajstić information content (AvgIpc) is 2.71. The van der Waals surface area contributed by atoms with Crippen LogP contribution in [0.3, 0.4) is 0 Å². The molecule has 23 heavy (non-hydrogen) atoms. The van der Waals surface area contributed by atoms with Gasteiger partial charge < -0.3 is 5.92 Å². The molecule has 2 heterocycles. The summed E-state index contributed by atoms with van der Waals surface area (Å²) in [5, 5.41) is 0. The van der Waals surface area contributed by atoms with E-state index in [9.17, 15) is 8.42 Å². The predicted molar refractivity (Wildman–Crippen MR) is 89.1 cm³/mol. The number of rotatable bonds is 2. The molecule has 2 bridgehead atoms. The molecule has 5 heteroatoms. The number of nitrogens with zero attached hydrogens (tertiary/aromatic N) is 1. The van der Waals surface area contributed by atoms with E-state index in [1.165, 1.54) is 5.92 Å². The van der Waals surface area contributed by atoms with Crippen LogP contribution in [0.15, 0.2) is 29.2 Å². The summed E-state index contributed by atoms with van der Waals surface area (Å²) in [6.07, 6.45) is 3.86. The first-order valence-electron chi connectivity index (χ1n) is 8.15. The number of fused-ring (bicyclic) bond motifs is 2. The van der Waals surface area contributed by atoms with Gasteiger partial charge in [-0.3, -0.25) is 0 Å². The molecule has 1 aromatic rings. The van der Waals surface area contributed by atoms with Crippen molar-refractivity contribution in [2.24, 2.45) is 0 Å². The van der Waals surface area contributed by atoms with Crippen LogP contribution in [0.4, 0.5) is 0 Å². The number of piperidine rings is 1. The Hall–Kier alpha value is 0.234. The summed E-state index contributed by atoms with van der Waals surface area (Å²) in [5.74, 6) is 1.45. The summed E-state index contributed by atoms with van der Waals surface area (Å²) in [6.45, 7) is 8.58. The van der Waals surface area contributed by atoms with Crippen LogP contribution < -0.4 is 0 Å². The molecule has 0 saturated carbocycles. The van der Waals surface area contributed by atoms with Crippen molar-refractivity contribution < 1.29 is 41.1 Å². The van der Waals surface area contributed by atoms with Crippen LogP contribution in [0.25, 0.3) is 0 Å². The van der Waals surface area contributed by atoms with Gasteiger partial charge in [0.1, 0.15) is 0 Å². The molecule has 2 aliphatic heterocycles. The zero-order chi connectivity index (χ0) is 16.1. The van der Waals surface area contributed by atoms with Crippen molar-refractivity contribution in [3.63, 3.8) is 0 Å². The van der Waals surface area contributed by atoms with Gasteiger partial charge in [0.15, 0.2) is 0 Å². The molecule has 1 radical (unpaired) electrons. The molecule has 3 nitrogen and oxygen atoms in total. The van der Waals surface area contributed by atoms with Gasteiger partial charge in [0.25, 0.3) is 0 Å². The second-order valence-electron chi connectivity index (χ2n) is 7.86. The molecule has 2 aliphatic rings. The van der Waals surface area contributed by atoms with Crippen molar-refractivity contribution in [1.82, 2.24) is 4.31 Å². The molecule has 0 aromatic heterocycles. The summed E-state index contributed by atoms with van der Waals surface area (Å²) >= 11 is 0. The smallest absolute Gasteiger partial charge is 0.243 e. The Balaban J connectivity index is 0.00000192. The number of hydrogen-bond acceptors (Lipinski definition) is 2. The maximum Gasteiger partial charge on any atom is 0.243 e. The summed E-state index contributed by atoms with van der Waals surface area (Å²) in [7, 11) is -3.36. The molecule has 0 aliphatic carbocycles. The minimum Gasteiger partial charge on any atom is -0.314 e. The van der Waals surface area contributed by atoms with E-state index in [-0.39, 0.29) is 50.2 Å². The molecule has 0 N–H and O–H groups in total. The zero-order valence-corrected chi connectivity index (χ0v) is 18.2. The van der Waals surface area contributed by atoms with Crippen LogP contribution in [0, 0.1) is 5.92 Å². The first kappa shape index (κ1) is 19.6. The summed E-state index contributed by atoms with van der Waals surface area (Å²) in [6, 6.07) is 7.81. The van der Waals surface area contributed by atoms with E-state index in [0.717, 1.165) is 31.2 Å². The second kappa shape index (κ2) is 6.86. The van der Waals surface area contributed by atoms with Crippen LogP contribution in [-0.4, -0.2) is 24.8 Å². The van der Waals surface area contributed by atoms with Crippen LogP contribution in [0.2, 0.25) is 0 Å². The Bertz CT molecular complexity index is 635. The van der Waals surface area contributed by atoms with Gasteiger partial charge in [0.05, 0.1) is 4.90 Å². The van der Waals surface area contributed by atoms with Gasteiger partial charge in [-0.15, -0.1) is 0 Å². The number of sulfonamides is 1. The zero-order valence-electron chi connectivity index (χ0n) is 14.5. The maximum atomic E-state index is 13.0. The van der Waals surface area contributed by atoms with E-state index in [2.05, 4.69) is 27.7 Å². The summed E-state index contributed by atoms with van der Waals surface area (Å²) in [4.78, 5) is 0.442. The summed E-state index contributed by atoms with van der Waals surface area (Å²) < 4.78 is 27.9. The third-order valence-corrected chi connectivity index (χ3v) is 7.04. The van der Waals surface area contributed by atoms with Crippen molar-refractivity contribution in [2.75, 3.05) is 0 Å². The first-order valence-corrected chi connectivity index (χ1v) is 9.59. The standard InChI is InChI=1S/C18H26NO2S.Y/c1-13-11-15-7-8-16(12-13)19(15)22(20,21)17-9-5-14(6-10-17)18(2,3)4;/h5-6,9-10,15-16H,7-8,11-12H2,1-4H3;/q-1;. The van der Waals surface area contributed by atoms with Gasteiger partial charge in [-0.05, 0) is 48.0 Å². The third kappa shape index (κ3) is 3.76. The fourth-order valence-corrected chi connectivity index (χ4v) is 5.72. The maximum absolute atomic E-state index is 13.0. The molecule has 2 fully saturated rings. The minimum absolute atomic E-state index is 0. The molecule has 0 spiro atoms. The molecular formula is C18H26NO2SY-. The number of benzene rings is 1. The molecule has 2 unspecified atom stereocenters. The van der Waals surface area contributed by atoms with Gasteiger partial charge in [0, 0.05) is 32.7 Å². The largest absolute Gasteiger partial charge is 0.314 e. The van der Waals surface area contributed by atoms with Crippen LogP contribution in [-0.2, 0) is 48.1 Å². The first-order chi connectivity index (χ1) is 10.2. The Morgan fingerprint density at radius 1 is 1.04 bits per heavy atom. The topological polar surface area (TPSA) is 37.4 Å². The monoisotopic (exact) mass is 409 g/mol. The van der Waals surface area contributed by atoms with Crippen molar-refractivity contribution >= 4 is 10.0 Å². The van der Waals surface area contributed by atoms with Crippen molar-refractivity contribution in [3.8, 4) is 0 Å². The van der Waals surface area contributed by atoms with Crippen molar-refractivity contribution in [3.05, 3.63) is 35.7 Å². The predicted octanol–water partition coefficient (Wildman–Crippen LogP) is 3.89. The summed E-state index contributed by atoms with van der Waals surface area (Å²) in [5.41, 5.74) is 1.20. The van der Waals surface area contributed by atoms with Gasteiger partial charge in [-0.1, -0.05) is 32.9 Å². The van der Waals surface area contributed by atoms with E-state index in [1.54, 1.807) is 16.4 Å². The van der Waals surface area contributed by atoms with E-state index >= 15 is 0 Å². The Morgan fingerprint density at radius 3 is 1.96 bits per heavy atom. The molecule has 0 amide bonds. The molecule has 2 atom stereocenters. The van der Waals surface area contributed by atoms with Gasteiger partial charge in [-0.25, -0.2) is 8.42 Å².